The lowest BCUT2D eigenvalue weighted by Crippen LogP contribution is -2.52. The van der Waals surface area contributed by atoms with Crippen molar-refractivity contribution in [3.8, 4) is 5.75 Å². The van der Waals surface area contributed by atoms with Crippen LogP contribution in [-0.4, -0.2) is 72.1 Å². The molecule has 2 aromatic heterocycles. The molecule has 4 heterocycles. The predicted octanol–water partition coefficient (Wildman–Crippen LogP) is 2.60. The minimum atomic E-state index is 0.0911. The van der Waals surface area contributed by atoms with E-state index in [0.717, 1.165) is 80.4 Å². The standard InChI is InChI=1S/C24H28N6O2/c1-32-19-3-4-21-20(17-19)22(5-10-25-21)28-11-6-18(7-12-28)23(31)29-13-15-30(16-14-29)24-26-8-2-9-27-24/h2-5,8-10,17-18H,6-7,11-16H2,1H3. The van der Waals surface area contributed by atoms with E-state index in [1.165, 1.54) is 0 Å². The van der Waals surface area contributed by atoms with E-state index in [2.05, 4.69) is 30.8 Å². The summed E-state index contributed by atoms with van der Waals surface area (Å²) in [7, 11) is 1.68. The van der Waals surface area contributed by atoms with Gasteiger partial charge < -0.3 is 19.4 Å². The number of piperidine rings is 1. The van der Waals surface area contributed by atoms with Crippen LogP contribution >= 0.6 is 0 Å². The highest BCUT2D eigenvalue weighted by Gasteiger charge is 2.31. The fourth-order valence-corrected chi connectivity index (χ4v) is 4.72. The van der Waals surface area contributed by atoms with Crippen molar-refractivity contribution in [2.24, 2.45) is 5.92 Å². The smallest absolute Gasteiger partial charge is 0.225 e. The Morgan fingerprint density at radius 1 is 0.906 bits per heavy atom. The zero-order valence-electron chi connectivity index (χ0n) is 18.4. The second kappa shape index (κ2) is 8.98. The number of hydrogen-bond acceptors (Lipinski definition) is 7. The summed E-state index contributed by atoms with van der Waals surface area (Å²) in [5, 5.41) is 1.09. The van der Waals surface area contributed by atoms with Gasteiger partial charge in [-0.1, -0.05) is 0 Å². The summed E-state index contributed by atoms with van der Waals surface area (Å²) in [6.45, 7) is 4.74. The summed E-state index contributed by atoms with van der Waals surface area (Å²) in [5.41, 5.74) is 2.12. The summed E-state index contributed by atoms with van der Waals surface area (Å²) in [6, 6.07) is 9.86. The SMILES string of the molecule is COc1ccc2nccc(N3CCC(C(=O)N4CCN(c5ncccn5)CC4)CC3)c2c1. The number of nitrogens with zero attached hydrogens (tertiary/aromatic N) is 6. The van der Waals surface area contributed by atoms with Gasteiger partial charge in [-0.25, -0.2) is 9.97 Å². The number of piperazine rings is 1. The first-order chi connectivity index (χ1) is 15.7. The summed E-state index contributed by atoms with van der Waals surface area (Å²) >= 11 is 0. The molecule has 0 unspecified atom stereocenters. The van der Waals surface area contributed by atoms with Crippen molar-refractivity contribution in [2.75, 3.05) is 56.2 Å². The topological polar surface area (TPSA) is 74.7 Å². The second-order valence-corrected chi connectivity index (χ2v) is 8.34. The van der Waals surface area contributed by atoms with Crippen LogP contribution in [0.2, 0.25) is 0 Å². The first kappa shape index (κ1) is 20.5. The number of benzene rings is 1. The van der Waals surface area contributed by atoms with Crippen LogP contribution in [0.25, 0.3) is 10.9 Å². The molecule has 166 valence electrons. The van der Waals surface area contributed by atoms with Crippen LogP contribution in [0.5, 0.6) is 5.75 Å². The van der Waals surface area contributed by atoms with Gasteiger partial charge in [-0.3, -0.25) is 9.78 Å². The number of pyridine rings is 1. The maximum atomic E-state index is 13.2. The number of aromatic nitrogens is 3. The van der Waals surface area contributed by atoms with Gasteiger partial charge in [-0.05, 0) is 43.2 Å². The molecule has 0 atom stereocenters. The minimum absolute atomic E-state index is 0.0911. The Labute approximate surface area is 187 Å². The molecular formula is C24H28N6O2. The van der Waals surface area contributed by atoms with Crippen LogP contribution in [0.15, 0.2) is 48.9 Å². The van der Waals surface area contributed by atoms with E-state index < -0.39 is 0 Å². The molecule has 0 aliphatic carbocycles. The van der Waals surface area contributed by atoms with Gasteiger partial charge in [0.15, 0.2) is 0 Å². The third-order valence-corrected chi connectivity index (χ3v) is 6.54. The Kier molecular flexibility index (Phi) is 5.75. The summed E-state index contributed by atoms with van der Waals surface area (Å²) in [6.07, 6.45) is 7.12. The van der Waals surface area contributed by atoms with Crippen LogP contribution in [0, 0.1) is 5.92 Å². The van der Waals surface area contributed by atoms with Crippen LogP contribution in [0.4, 0.5) is 11.6 Å². The molecular weight excluding hydrogens is 404 g/mol. The maximum absolute atomic E-state index is 13.2. The Hall–Kier alpha value is -3.42. The van der Waals surface area contributed by atoms with E-state index in [1.807, 2.05) is 35.4 Å². The first-order valence-electron chi connectivity index (χ1n) is 11.2. The summed E-state index contributed by atoms with van der Waals surface area (Å²) in [5.74, 6) is 1.96. The highest BCUT2D eigenvalue weighted by atomic mass is 16.5. The highest BCUT2D eigenvalue weighted by Crippen LogP contribution is 2.32. The van der Waals surface area contributed by atoms with Gasteiger partial charge in [0.1, 0.15) is 5.75 Å². The van der Waals surface area contributed by atoms with Crippen molar-refractivity contribution in [1.82, 2.24) is 19.9 Å². The number of methoxy groups -OCH3 is 1. The van der Waals surface area contributed by atoms with E-state index in [4.69, 9.17) is 4.74 Å². The Bertz CT molecular complexity index is 1080. The number of amides is 1. The number of rotatable bonds is 4. The molecule has 2 aliphatic rings. The number of fused-ring (bicyclic) bond motifs is 1. The molecule has 0 radical (unpaired) electrons. The molecule has 2 aliphatic heterocycles. The fraction of sp³-hybridized carbons (Fsp3) is 0.417. The van der Waals surface area contributed by atoms with Crippen molar-refractivity contribution < 1.29 is 9.53 Å². The molecule has 0 saturated carbocycles. The number of hydrogen-bond donors (Lipinski definition) is 0. The van der Waals surface area contributed by atoms with Gasteiger partial charge in [-0.15, -0.1) is 0 Å². The lowest BCUT2D eigenvalue weighted by atomic mass is 9.94. The fourth-order valence-electron chi connectivity index (χ4n) is 4.72. The monoisotopic (exact) mass is 432 g/mol. The quantitative estimate of drug-likeness (QED) is 0.627. The average Bonchev–Trinajstić information content (AvgIpc) is 2.88. The molecule has 1 aromatic carbocycles. The number of anilines is 2. The maximum Gasteiger partial charge on any atom is 0.225 e. The molecule has 1 amide bonds. The van der Waals surface area contributed by atoms with Crippen LogP contribution < -0.4 is 14.5 Å². The van der Waals surface area contributed by atoms with Gasteiger partial charge in [0.25, 0.3) is 0 Å². The molecule has 2 fully saturated rings. The number of carbonyl (C=O) groups excluding carboxylic acids is 1. The minimum Gasteiger partial charge on any atom is -0.497 e. The molecule has 8 heteroatoms. The van der Waals surface area contributed by atoms with Gasteiger partial charge in [0.2, 0.25) is 11.9 Å². The van der Waals surface area contributed by atoms with Crippen LogP contribution in [0.3, 0.4) is 0 Å². The largest absolute Gasteiger partial charge is 0.497 e. The molecule has 2 saturated heterocycles. The molecule has 0 spiro atoms. The molecule has 5 rings (SSSR count). The van der Waals surface area contributed by atoms with Gasteiger partial charge in [-0.2, -0.15) is 0 Å². The van der Waals surface area contributed by atoms with Crippen molar-refractivity contribution in [2.45, 2.75) is 12.8 Å². The lowest BCUT2D eigenvalue weighted by molar-refractivity contribution is -0.136. The van der Waals surface area contributed by atoms with E-state index in [1.54, 1.807) is 19.5 Å². The third kappa shape index (κ3) is 4.04. The Morgan fingerprint density at radius 3 is 2.38 bits per heavy atom. The predicted molar refractivity (Wildman–Crippen MR) is 124 cm³/mol. The van der Waals surface area contributed by atoms with Crippen molar-refractivity contribution in [1.29, 1.82) is 0 Å². The van der Waals surface area contributed by atoms with Crippen molar-refractivity contribution in [3.05, 3.63) is 48.9 Å². The van der Waals surface area contributed by atoms with Crippen LogP contribution in [-0.2, 0) is 4.79 Å². The van der Waals surface area contributed by atoms with Gasteiger partial charge in [0.05, 0.1) is 12.6 Å². The Morgan fingerprint density at radius 2 is 1.66 bits per heavy atom. The number of ether oxygens (including phenoxy) is 1. The molecule has 8 nitrogen and oxygen atoms in total. The summed E-state index contributed by atoms with van der Waals surface area (Å²) in [4.78, 5) is 32.8. The van der Waals surface area contributed by atoms with E-state index >= 15 is 0 Å². The van der Waals surface area contributed by atoms with E-state index in [9.17, 15) is 4.79 Å². The second-order valence-electron chi connectivity index (χ2n) is 8.34. The first-order valence-corrected chi connectivity index (χ1v) is 11.2. The van der Waals surface area contributed by atoms with E-state index in [-0.39, 0.29) is 5.92 Å². The Balaban J connectivity index is 1.20. The lowest BCUT2D eigenvalue weighted by Gasteiger charge is -2.39. The third-order valence-electron chi connectivity index (χ3n) is 6.54. The molecule has 3 aromatic rings. The zero-order chi connectivity index (χ0) is 21.9. The average molecular weight is 433 g/mol. The van der Waals surface area contributed by atoms with E-state index in [0.29, 0.717) is 5.91 Å². The molecule has 32 heavy (non-hydrogen) atoms. The van der Waals surface area contributed by atoms with Crippen molar-refractivity contribution >= 4 is 28.4 Å². The number of carbonyl (C=O) groups is 1. The molecule has 0 bridgehead atoms. The van der Waals surface area contributed by atoms with Gasteiger partial charge >= 0.3 is 0 Å². The van der Waals surface area contributed by atoms with Crippen LogP contribution in [0.1, 0.15) is 12.8 Å². The highest BCUT2D eigenvalue weighted by molar-refractivity contribution is 5.92. The van der Waals surface area contributed by atoms with Crippen molar-refractivity contribution in [3.63, 3.8) is 0 Å². The normalized spacial score (nSPS) is 17.6. The summed E-state index contributed by atoms with van der Waals surface area (Å²) < 4.78 is 5.41. The molecule has 0 N–H and O–H groups in total. The van der Waals surface area contributed by atoms with Gasteiger partial charge in [0, 0.05) is 74.9 Å². The zero-order valence-corrected chi connectivity index (χ0v) is 18.4.